The van der Waals surface area contributed by atoms with E-state index < -0.39 is 9.24 Å². The minimum atomic E-state index is -0.730. The van der Waals surface area contributed by atoms with Crippen molar-refractivity contribution < 1.29 is 0 Å². The minimum absolute atomic E-state index is 0.730. The molecule has 0 aromatic carbocycles. The molecule has 2 heteroatoms. The topological polar surface area (TPSA) is 0 Å². The molecule has 1 saturated carbocycles. The second-order valence-electron chi connectivity index (χ2n) is 3.18. The maximum absolute atomic E-state index is 6.22. The molecule has 56 valence electrons. The summed E-state index contributed by atoms with van der Waals surface area (Å²) in [5, 5.41) is 0.860. The van der Waals surface area contributed by atoms with E-state index in [4.69, 9.17) is 10.7 Å². The molecule has 0 nitrogen and oxygen atoms in total. The van der Waals surface area contributed by atoms with Crippen LogP contribution in [0.4, 0.5) is 0 Å². The van der Waals surface area contributed by atoms with E-state index in [9.17, 15) is 0 Å². The van der Waals surface area contributed by atoms with E-state index in [1.54, 1.807) is 0 Å². The van der Waals surface area contributed by atoms with Crippen molar-refractivity contribution in [1.29, 1.82) is 0 Å². The van der Waals surface area contributed by atoms with Gasteiger partial charge in [-0.05, 0) is 25.4 Å². The fraction of sp³-hybridized carbons (Fsp3) is 1.00. The molecule has 0 amide bonds. The quantitative estimate of drug-likeness (QED) is 0.562. The smallest absolute Gasteiger partial charge is 0.000887 e. The molecule has 0 aromatic heterocycles. The monoisotopic (exact) mass is 166 g/mol. The predicted octanol–water partition coefficient (Wildman–Crippen LogP) is 3.15. The van der Waals surface area contributed by atoms with Crippen molar-refractivity contribution in [3.05, 3.63) is 0 Å². The molecular formula is C7H15ClS. The molecule has 1 aliphatic rings. The van der Waals surface area contributed by atoms with Gasteiger partial charge in [0.2, 0.25) is 0 Å². The summed E-state index contributed by atoms with van der Waals surface area (Å²) in [5.41, 5.74) is 0. The summed E-state index contributed by atoms with van der Waals surface area (Å²) in [6.45, 7) is 0. The number of hydrogen-bond donors (Lipinski definition) is 0. The van der Waals surface area contributed by atoms with Gasteiger partial charge in [0.25, 0.3) is 0 Å². The van der Waals surface area contributed by atoms with Gasteiger partial charge in [-0.15, -0.1) is 0 Å². The second-order valence-corrected chi connectivity index (χ2v) is 8.79. The van der Waals surface area contributed by atoms with E-state index in [1.807, 2.05) is 0 Å². The van der Waals surface area contributed by atoms with Crippen LogP contribution in [-0.2, 0) is 0 Å². The zero-order valence-electron chi connectivity index (χ0n) is 6.19. The molecule has 0 aliphatic heterocycles. The zero-order valence-corrected chi connectivity index (χ0v) is 7.76. The molecule has 0 unspecified atom stereocenters. The summed E-state index contributed by atoms with van der Waals surface area (Å²) < 4.78 is 0. The van der Waals surface area contributed by atoms with Gasteiger partial charge in [-0.1, -0.05) is 23.5 Å². The summed E-state index contributed by atoms with van der Waals surface area (Å²) >= 11 is 0. The van der Waals surface area contributed by atoms with Crippen LogP contribution in [0.15, 0.2) is 0 Å². The molecule has 9 heavy (non-hydrogen) atoms. The van der Waals surface area contributed by atoms with E-state index in [-0.39, 0.29) is 0 Å². The normalized spacial score (nSPS) is 24.8. The molecular weight excluding hydrogens is 152 g/mol. The number of rotatable bonds is 1. The highest BCUT2D eigenvalue weighted by molar-refractivity contribution is 8.50. The van der Waals surface area contributed by atoms with Crippen LogP contribution in [0.3, 0.4) is 0 Å². The standard InChI is InChI=1S/C7H15ClS/c1-9(2,8)7-5-3-4-6-7/h7H,3-6H2,1-2H3. The Morgan fingerprint density at radius 3 is 1.89 bits per heavy atom. The van der Waals surface area contributed by atoms with E-state index in [0.29, 0.717) is 0 Å². The first kappa shape index (κ1) is 7.74. The summed E-state index contributed by atoms with van der Waals surface area (Å²) in [6, 6.07) is 0. The fourth-order valence-electron chi connectivity index (χ4n) is 1.45. The molecule has 0 bridgehead atoms. The maximum Gasteiger partial charge on any atom is 0.000887 e. The van der Waals surface area contributed by atoms with Gasteiger partial charge < -0.3 is 0 Å². The van der Waals surface area contributed by atoms with Crippen molar-refractivity contribution in [2.75, 3.05) is 12.5 Å². The Labute approximate surface area is 63.8 Å². The first-order valence-electron chi connectivity index (χ1n) is 3.52. The molecule has 1 fully saturated rings. The fourth-order valence-corrected chi connectivity index (χ4v) is 3.44. The van der Waals surface area contributed by atoms with Crippen molar-refractivity contribution >= 4 is 19.9 Å². The van der Waals surface area contributed by atoms with E-state index in [0.717, 1.165) is 5.25 Å². The molecule has 0 radical (unpaired) electrons. The molecule has 0 aromatic rings. The number of hydrogen-bond acceptors (Lipinski definition) is 0. The maximum atomic E-state index is 6.22. The summed E-state index contributed by atoms with van der Waals surface area (Å²) in [4.78, 5) is 0. The summed E-state index contributed by atoms with van der Waals surface area (Å²) in [6.07, 6.45) is 10.0. The lowest BCUT2D eigenvalue weighted by molar-refractivity contribution is 0.886. The molecule has 0 heterocycles. The Balaban J connectivity index is 2.42. The van der Waals surface area contributed by atoms with Crippen LogP contribution >= 0.6 is 19.9 Å². The van der Waals surface area contributed by atoms with E-state index in [1.165, 1.54) is 25.7 Å². The van der Waals surface area contributed by atoms with Crippen molar-refractivity contribution in [3.8, 4) is 0 Å². The van der Waals surface area contributed by atoms with Crippen molar-refractivity contribution in [2.24, 2.45) is 0 Å². The van der Waals surface area contributed by atoms with Crippen LogP contribution in [0.5, 0.6) is 0 Å². The lowest BCUT2D eigenvalue weighted by atomic mass is 10.4. The van der Waals surface area contributed by atoms with Gasteiger partial charge in [0, 0.05) is 5.25 Å². The lowest BCUT2D eigenvalue weighted by Crippen LogP contribution is -2.06. The third-order valence-electron chi connectivity index (χ3n) is 2.09. The van der Waals surface area contributed by atoms with Crippen LogP contribution in [-0.4, -0.2) is 17.8 Å². The lowest BCUT2D eigenvalue weighted by Gasteiger charge is -2.29. The van der Waals surface area contributed by atoms with Crippen molar-refractivity contribution in [3.63, 3.8) is 0 Å². The van der Waals surface area contributed by atoms with Crippen LogP contribution in [0.1, 0.15) is 25.7 Å². The highest BCUT2D eigenvalue weighted by Gasteiger charge is 2.25. The Morgan fingerprint density at radius 2 is 1.67 bits per heavy atom. The van der Waals surface area contributed by atoms with Gasteiger partial charge in [-0.3, -0.25) is 0 Å². The second kappa shape index (κ2) is 2.71. The van der Waals surface area contributed by atoms with E-state index >= 15 is 0 Å². The van der Waals surface area contributed by atoms with Crippen LogP contribution in [0.2, 0.25) is 0 Å². The zero-order chi connectivity index (χ0) is 6.91. The molecule has 0 N–H and O–H groups in total. The summed E-state index contributed by atoms with van der Waals surface area (Å²) in [7, 11) is 5.49. The van der Waals surface area contributed by atoms with E-state index in [2.05, 4.69) is 12.5 Å². The van der Waals surface area contributed by atoms with Crippen molar-refractivity contribution in [1.82, 2.24) is 0 Å². The molecule has 0 spiro atoms. The van der Waals surface area contributed by atoms with Gasteiger partial charge in [0.05, 0.1) is 0 Å². The van der Waals surface area contributed by atoms with Crippen molar-refractivity contribution in [2.45, 2.75) is 30.9 Å². The third-order valence-corrected chi connectivity index (χ3v) is 4.91. The van der Waals surface area contributed by atoms with Gasteiger partial charge in [0.15, 0.2) is 0 Å². The van der Waals surface area contributed by atoms with Gasteiger partial charge >= 0.3 is 0 Å². The Morgan fingerprint density at radius 1 is 1.22 bits per heavy atom. The van der Waals surface area contributed by atoms with Gasteiger partial charge in [-0.2, -0.15) is 9.24 Å². The highest BCUT2D eigenvalue weighted by atomic mass is 35.7. The Kier molecular flexibility index (Phi) is 2.33. The average molecular weight is 167 g/mol. The van der Waals surface area contributed by atoms with Gasteiger partial charge in [0.1, 0.15) is 0 Å². The third kappa shape index (κ3) is 2.05. The Hall–Kier alpha value is 0.640. The predicted molar refractivity (Wildman–Crippen MR) is 47.5 cm³/mol. The largest absolute Gasteiger partial charge is 0.166 e. The van der Waals surface area contributed by atoms with Crippen LogP contribution in [0, 0.1) is 0 Å². The molecule has 0 atom stereocenters. The molecule has 1 aliphatic carbocycles. The SMILES string of the molecule is CS(C)(Cl)C1CCCC1. The first-order valence-corrected chi connectivity index (χ1v) is 6.86. The minimum Gasteiger partial charge on any atom is -0.166 e. The first-order chi connectivity index (χ1) is 4.11. The summed E-state index contributed by atoms with van der Waals surface area (Å²) in [5.74, 6) is 0. The average Bonchev–Trinajstić information content (AvgIpc) is 2.08. The van der Waals surface area contributed by atoms with Gasteiger partial charge in [-0.25, -0.2) is 0 Å². The molecule has 0 saturated heterocycles. The highest BCUT2D eigenvalue weighted by Crippen LogP contribution is 2.55. The Bertz CT molecular complexity index is 89.6. The van der Waals surface area contributed by atoms with Crippen LogP contribution < -0.4 is 0 Å². The molecule has 1 rings (SSSR count). The number of halogens is 1. The van der Waals surface area contributed by atoms with Crippen LogP contribution in [0.25, 0.3) is 0 Å².